The molecule has 1 aliphatic rings. The Balaban J connectivity index is 1.99. The van der Waals surface area contributed by atoms with Crippen LogP contribution < -0.4 is 15.2 Å². The van der Waals surface area contributed by atoms with Gasteiger partial charge in [0.15, 0.2) is 11.5 Å². The van der Waals surface area contributed by atoms with E-state index >= 15 is 0 Å². The average Bonchev–Trinajstić information content (AvgIpc) is 2.78. The van der Waals surface area contributed by atoms with E-state index in [-0.39, 0.29) is 6.04 Å². The predicted molar refractivity (Wildman–Crippen MR) is 83.0 cm³/mol. The fourth-order valence-corrected chi connectivity index (χ4v) is 3.21. The van der Waals surface area contributed by atoms with Crippen molar-refractivity contribution in [1.82, 2.24) is 9.97 Å². The number of imidazole rings is 1. The van der Waals surface area contributed by atoms with E-state index < -0.39 is 0 Å². The fourth-order valence-electron chi connectivity index (χ4n) is 3.21. The lowest BCUT2D eigenvalue weighted by atomic mass is 9.95. The van der Waals surface area contributed by atoms with E-state index in [4.69, 9.17) is 20.2 Å². The number of ether oxygens (including phenoxy) is 2. The van der Waals surface area contributed by atoms with Crippen molar-refractivity contribution in [3.8, 4) is 11.5 Å². The molecule has 1 fully saturated rings. The predicted octanol–water partition coefficient (Wildman–Crippen LogP) is 2.96. The number of fused-ring (bicyclic) bond motifs is 1. The van der Waals surface area contributed by atoms with Crippen molar-refractivity contribution in [2.75, 3.05) is 14.2 Å². The summed E-state index contributed by atoms with van der Waals surface area (Å²) in [5, 5.41) is 0. The third kappa shape index (κ3) is 2.70. The Hall–Kier alpha value is -1.75. The molecule has 1 aromatic carbocycles. The van der Waals surface area contributed by atoms with Gasteiger partial charge in [-0.3, -0.25) is 0 Å². The highest BCUT2D eigenvalue weighted by molar-refractivity contribution is 5.79. The molecule has 0 spiro atoms. The van der Waals surface area contributed by atoms with Crippen molar-refractivity contribution < 1.29 is 9.47 Å². The van der Waals surface area contributed by atoms with Crippen molar-refractivity contribution in [2.24, 2.45) is 5.73 Å². The van der Waals surface area contributed by atoms with E-state index in [1.807, 2.05) is 12.1 Å². The van der Waals surface area contributed by atoms with E-state index in [0.29, 0.717) is 17.4 Å². The van der Waals surface area contributed by atoms with E-state index in [2.05, 4.69) is 4.98 Å². The van der Waals surface area contributed by atoms with Crippen LogP contribution in [0.1, 0.15) is 43.8 Å². The monoisotopic (exact) mass is 289 g/mol. The largest absolute Gasteiger partial charge is 0.493 e. The van der Waals surface area contributed by atoms with E-state index in [0.717, 1.165) is 29.7 Å². The number of methoxy groups -OCH3 is 2. The SMILES string of the molecule is COc1cc2nc(C3CCCCCC3N)[nH]c2cc1OC. The first-order valence-corrected chi connectivity index (χ1v) is 7.60. The minimum atomic E-state index is 0.192. The Morgan fingerprint density at radius 2 is 1.81 bits per heavy atom. The second-order valence-corrected chi connectivity index (χ2v) is 5.75. The standard InChI is InChI=1S/C16H23N3O2/c1-20-14-8-12-13(9-15(14)21-2)19-16(18-12)10-6-4-3-5-7-11(10)17/h8-11H,3-7,17H2,1-2H3,(H,18,19). The van der Waals surface area contributed by atoms with Gasteiger partial charge in [0.05, 0.1) is 25.3 Å². The Bertz CT molecular complexity index is 582. The number of benzene rings is 1. The Kier molecular flexibility index (Phi) is 4.01. The van der Waals surface area contributed by atoms with Crippen LogP contribution in [0.5, 0.6) is 11.5 Å². The molecule has 2 unspecified atom stereocenters. The molecule has 1 heterocycles. The molecule has 3 N–H and O–H groups in total. The molecule has 0 bridgehead atoms. The van der Waals surface area contributed by atoms with Crippen molar-refractivity contribution in [3.63, 3.8) is 0 Å². The number of nitrogens with zero attached hydrogens (tertiary/aromatic N) is 1. The van der Waals surface area contributed by atoms with Gasteiger partial charge in [0.1, 0.15) is 5.82 Å². The molecule has 21 heavy (non-hydrogen) atoms. The van der Waals surface area contributed by atoms with Crippen LogP contribution in [-0.2, 0) is 0 Å². The Labute approximate surface area is 124 Å². The summed E-state index contributed by atoms with van der Waals surface area (Å²) in [6.45, 7) is 0. The van der Waals surface area contributed by atoms with E-state index in [1.165, 1.54) is 19.3 Å². The lowest BCUT2D eigenvalue weighted by Gasteiger charge is -2.18. The summed E-state index contributed by atoms with van der Waals surface area (Å²) < 4.78 is 10.7. The molecule has 0 amide bonds. The average molecular weight is 289 g/mol. The number of H-pyrrole nitrogens is 1. The number of hydrogen-bond donors (Lipinski definition) is 2. The number of nitrogens with one attached hydrogen (secondary N) is 1. The maximum Gasteiger partial charge on any atom is 0.163 e. The molecule has 1 saturated carbocycles. The normalized spacial score (nSPS) is 23.0. The van der Waals surface area contributed by atoms with Gasteiger partial charge < -0.3 is 20.2 Å². The van der Waals surface area contributed by atoms with Crippen molar-refractivity contribution in [3.05, 3.63) is 18.0 Å². The summed E-state index contributed by atoms with van der Waals surface area (Å²) >= 11 is 0. The van der Waals surface area contributed by atoms with Crippen LogP contribution in [-0.4, -0.2) is 30.2 Å². The van der Waals surface area contributed by atoms with Gasteiger partial charge in [0.25, 0.3) is 0 Å². The van der Waals surface area contributed by atoms with Crippen LogP contribution in [0.25, 0.3) is 11.0 Å². The molecular formula is C16H23N3O2. The summed E-state index contributed by atoms with van der Waals surface area (Å²) in [5.74, 6) is 2.73. The second kappa shape index (κ2) is 5.93. The summed E-state index contributed by atoms with van der Waals surface area (Å²) in [4.78, 5) is 8.16. The second-order valence-electron chi connectivity index (χ2n) is 5.75. The summed E-state index contributed by atoms with van der Waals surface area (Å²) in [5.41, 5.74) is 8.21. The van der Waals surface area contributed by atoms with Crippen LogP contribution in [0.4, 0.5) is 0 Å². The van der Waals surface area contributed by atoms with Gasteiger partial charge in [0, 0.05) is 24.1 Å². The van der Waals surface area contributed by atoms with Gasteiger partial charge in [-0.2, -0.15) is 0 Å². The number of nitrogens with two attached hydrogens (primary N) is 1. The van der Waals surface area contributed by atoms with E-state index in [9.17, 15) is 0 Å². The van der Waals surface area contributed by atoms with Gasteiger partial charge in [-0.1, -0.05) is 19.3 Å². The minimum Gasteiger partial charge on any atom is -0.493 e. The van der Waals surface area contributed by atoms with Crippen LogP contribution in [0.2, 0.25) is 0 Å². The van der Waals surface area contributed by atoms with Crippen LogP contribution in [0, 0.1) is 0 Å². The van der Waals surface area contributed by atoms with Crippen molar-refractivity contribution in [2.45, 2.75) is 44.1 Å². The molecular weight excluding hydrogens is 266 g/mol. The molecule has 2 atom stereocenters. The van der Waals surface area contributed by atoms with Gasteiger partial charge in [-0.25, -0.2) is 4.98 Å². The molecule has 5 nitrogen and oxygen atoms in total. The van der Waals surface area contributed by atoms with E-state index in [1.54, 1.807) is 14.2 Å². The highest BCUT2D eigenvalue weighted by Gasteiger charge is 2.25. The maximum atomic E-state index is 6.34. The number of rotatable bonds is 3. The minimum absolute atomic E-state index is 0.192. The zero-order valence-corrected chi connectivity index (χ0v) is 12.7. The number of aromatic amines is 1. The molecule has 1 aromatic heterocycles. The lowest BCUT2D eigenvalue weighted by Crippen LogP contribution is -2.27. The topological polar surface area (TPSA) is 73.2 Å². The first kappa shape index (κ1) is 14.2. The van der Waals surface area contributed by atoms with Gasteiger partial charge in [-0.05, 0) is 12.8 Å². The van der Waals surface area contributed by atoms with Crippen molar-refractivity contribution >= 4 is 11.0 Å². The third-order valence-electron chi connectivity index (χ3n) is 4.43. The molecule has 0 saturated heterocycles. The molecule has 5 heteroatoms. The first-order valence-electron chi connectivity index (χ1n) is 7.60. The van der Waals surface area contributed by atoms with Crippen LogP contribution in [0.15, 0.2) is 12.1 Å². The maximum absolute atomic E-state index is 6.34. The zero-order chi connectivity index (χ0) is 14.8. The molecule has 3 rings (SSSR count). The summed E-state index contributed by atoms with van der Waals surface area (Å²) in [6, 6.07) is 4.04. The van der Waals surface area contributed by atoms with Crippen LogP contribution in [0.3, 0.4) is 0 Å². The molecule has 0 aliphatic heterocycles. The zero-order valence-electron chi connectivity index (χ0n) is 12.7. The van der Waals surface area contributed by atoms with Gasteiger partial charge >= 0.3 is 0 Å². The molecule has 0 radical (unpaired) electrons. The lowest BCUT2D eigenvalue weighted by molar-refractivity contribution is 0.356. The smallest absolute Gasteiger partial charge is 0.163 e. The summed E-state index contributed by atoms with van der Waals surface area (Å²) in [7, 11) is 3.28. The Morgan fingerprint density at radius 3 is 2.57 bits per heavy atom. The van der Waals surface area contributed by atoms with Crippen LogP contribution >= 0.6 is 0 Å². The molecule has 114 valence electrons. The highest BCUT2D eigenvalue weighted by Crippen LogP contribution is 2.34. The van der Waals surface area contributed by atoms with Crippen molar-refractivity contribution in [1.29, 1.82) is 0 Å². The highest BCUT2D eigenvalue weighted by atomic mass is 16.5. The van der Waals surface area contributed by atoms with Gasteiger partial charge in [0.2, 0.25) is 0 Å². The number of hydrogen-bond acceptors (Lipinski definition) is 4. The first-order chi connectivity index (χ1) is 10.2. The number of aromatic nitrogens is 2. The molecule has 2 aromatic rings. The quantitative estimate of drug-likeness (QED) is 0.852. The fraction of sp³-hybridized carbons (Fsp3) is 0.562. The summed E-state index contributed by atoms with van der Waals surface area (Å²) in [6.07, 6.45) is 5.90. The third-order valence-corrected chi connectivity index (χ3v) is 4.43. The van der Waals surface area contributed by atoms with Gasteiger partial charge in [-0.15, -0.1) is 0 Å². The Morgan fingerprint density at radius 1 is 1.10 bits per heavy atom. The molecule has 1 aliphatic carbocycles.